The van der Waals surface area contributed by atoms with Gasteiger partial charge in [-0.05, 0) is 37.5 Å². The van der Waals surface area contributed by atoms with Crippen LogP contribution < -0.4 is 4.74 Å². The van der Waals surface area contributed by atoms with Gasteiger partial charge in [0.05, 0.1) is 0 Å². The van der Waals surface area contributed by atoms with Crippen molar-refractivity contribution in [3.05, 3.63) is 64.7 Å². The summed E-state index contributed by atoms with van der Waals surface area (Å²) in [6.45, 7) is 12.3. The van der Waals surface area contributed by atoms with Crippen molar-refractivity contribution in [1.82, 2.24) is 9.80 Å². The molecule has 0 saturated carbocycles. The van der Waals surface area contributed by atoms with Gasteiger partial charge < -0.3 is 9.84 Å². The van der Waals surface area contributed by atoms with Crippen LogP contribution in [0.1, 0.15) is 22.3 Å². The number of ether oxygens (including phenoxy) is 1. The highest BCUT2D eigenvalue weighted by Gasteiger charge is 2.20. The van der Waals surface area contributed by atoms with Gasteiger partial charge >= 0.3 is 0 Å². The lowest BCUT2D eigenvalue weighted by atomic mass is 10.1. The van der Waals surface area contributed by atoms with Crippen LogP contribution in [0, 0.1) is 20.8 Å². The summed E-state index contributed by atoms with van der Waals surface area (Å²) in [4.78, 5) is 4.82. The fraction of sp³-hybridized carbons (Fsp3) is 0.478. The first-order chi connectivity index (χ1) is 13.0. The lowest BCUT2D eigenvalue weighted by Gasteiger charge is -2.35. The van der Waals surface area contributed by atoms with Gasteiger partial charge in [0, 0.05) is 39.3 Å². The molecule has 1 N–H and O–H groups in total. The monoisotopic (exact) mass is 368 g/mol. The molecule has 0 unspecified atom stereocenters. The highest BCUT2D eigenvalue weighted by molar-refractivity contribution is 5.42. The minimum atomic E-state index is -0.467. The van der Waals surface area contributed by atoms with E-state index in [9.17, 15) is 5.11 Å². The molecule has 1 saturated heterocycles. The zero-order valence-corrected chi connectivity index (χ0v) is 16.8. The molecular weight excluding hydrogens is 336 g/mol. The third-order valence-corrected chi connectivity index (χ3v) is 5.21. The molecule has 2 aromatic rings. The van der Waals surface area contributed by atoms with Crippen molar-refractivity contribution in [1.29, 1.82) is 0 Å². The zero-order valence-electron chi connectivity index (χ0n) is 16.8. The van der Waals surface area contributed by atoms with E-state index in [2.05, 4.69) is 73.0 Å². The summed E-state index contributed by atoms with van der Waals surface area (Å²) in [5.41, 5.74) is 4.87. The predicted molar refractivity (Wildman–Crippen MR) is 110 cm³/mol. The Morgan fingerprint density at radius 1 is 0.926 bits per heavy atom. The van der Waals surface area contributed by atoms with E-state index in [0.29, 0.717) is 13.2 Å². The van der Waals surface area contributed by atoms with Crippen LogP contribution in [0.5, 0.6) is 5.75 Å². The van der Waals surface area contributed by atoms with Crippen LogP contribution in [-0.2, 0) is 6.54 Å². The van der Waals surface area contributed by atoms with Crippen LogP contribution in [0.25, 0.3) is 0 Å². The van der Waals surface area contributed by atoms with Gasteiger partial charge in [0.1, 0.15) is 18.5 Å². The summed E-state index contributed by atoms with van der Waals surface area (Å²) >= 11 is 0. The van der Waals surface area contributed by atoms with Crippen molar-refractivity contribution >= 4 is 0 Å². The number of aliphatic hydroxyl groups is 1. The van der Waals surface area contributed by atoms with E-state index in [4.69, 9.17) is 4.74 Å². The van der Waals surface area contributed by atoms with Gasteiger partial charge in [0.2, 0.25) is 0 Å². The standard InChI is InChI=1S/C23H32N2O2/c1-18-13-19(2)23(20(3)14-18)27-17-22(26)16-25-11-9-24(10-12-25)15-21-7-5-4-6-8-21/h4-8,13-14,22,26H,9-12,15-17H2,1-3H3/t22-/m1/s1. The topological polar surface area (TPSA) is 35.9 Å². The number of β-amino-alcohol motifs (C(OH)–C–C–N with tert-alkyl or cyclic N) is 1. The van der Waals surface area contributed by atoms with Crippen molar-refractivity contribution in [2.75, 3.05) is 39.3 Å². The molecule has 1 aliphatic heterocycles. The minimum Gasteiger partial charge on any atom is -0.490 e. The smallest absolute Gasteiger partial charge is 0.125 e. The summed E-state index contributed by atoms with van der Waals surface area (Å²) in [7, 11) is 0. The van der Waals surface area contributed by atoms with Crippen molar-refractivity contribution in [3.8, 4) is 5.75 Å². The number of hydrogen-bond donors (Lipinski definition) is 1. The normalized spacial score (nSPS) is 17.0. The van der Waals surface area contributed by atoms with Crippen LogP contribution in [0.15, 0.2) is 42.5 Å². The van der Waals surface area contributed by atoms with Crippen LogP contribution >= 0.6 is 0 Å². The summed E-state index contributed by atoms with van der Waals surface area (Å²) in [5, 5.41) is 10.4. The maximum atomic E-state index is 10.4. The fourth-order valence-electron chi connectivity index (χ4n) is 3.90. The van der Waals surface area contributed by atoms with Crippen LogP contribution in [0.3, 0.4) is 0 Å². The summed E-state index contributed by atoms with van der Waals surface area (Å²) < 4.78 is 5.94. The fourth-order valence-corrected chi connectivity index (χ4v) is 3.90. The zero-order chi connectivity index (χ0) is 19.2. The van der Waals surface area contributed by atoms with Gasteiger partial charge in [-0.3, -0.25) is 9.80 Å². The maximum Gasteiger partial charge on any atom is 0.125 e. The Kier molecular flexibility index (Phi) is 6.89. The number of rotatable bonds is 7. The summed E-state index contributed by atoms with van der Waals surface area (Å²) in [6.07, 6.45) is -0.467. The molecule has 3 rings (SSSR count). The Labute approximate surface area is 163 Å². The molecule has 1 aliphatic rings. The third kappa shape index (κ3) is 5.80. The minimum absolute atomic E-state index is 0.342. The average Bonchev–Trinajstić information content (AvgIpc) is 2.63. The van der Waals surface area contributed by atoms with Crippen LogP contribution in [-0.4, -0.2) is 60.3 Å². The Bertz CT molecular complexity index is 701. The molecule has 4 nitrogen and oxygen atoms in total. The van der Waals surface area contributed by atoms with E-state index in [1.807, 2.05) is 0 Å². The Morgan fingerprint density at radius 3 is 2.15 bits per heavy atom. The highest BCUT2D eigenvalue weighted by atomic mass is 16.5. The van der Waals surface area contributed by atoms with Gasteiger partial charge in [-0.2, -0.15) is 0 Å². The Balaban J connectivity index is 1.41. The number of aliphatic hydroxyl groups excluding tert-OH is 1. The van der Waals surface area contributed by atoms with E-state index in [0.717, 1.165) is 49.6 Å². The summed E-state index contributed by atoms with van der Waals surface area (Å²) in [5.74, 6) is 0.910. The average molecular weight is 369 g/mol. The van der Waals surface area contributed by atoms with Crippen molar-refractivity contribution in [2.24, 2.45) is 0 Å². The molecule has 1 fully saturated rings. The van der Waals surface area contributed by atoms with Crippen LogP contribution in [0.4, 0.5) is 0 Å². The molecule has 0 bridgehead atoms. The molecule has 0 amide bonds. The lowest BCUT2D eigenvalue weighted by Crippen LogP contribution is -2.48. The summed E-state index contributed by atoms with van der Waals surface area (Å²) in [6, 6.07) is 14.9. The van der Waals surface area contributed by atoms with Crippen LogP contribution in [0.2, 0.25) is 0 Å². The number of aryl methyl sites for hydroxylation is 3. The third-order valence-electron chi connectivity index (χ3n) is 5.21. The second-order valence-corrected chi connectivity index (χ2v) is 7.76. The molecular formula is C23H32N2O2. The molecule has 1 heterocycles. The molecule has 0 spiro atoms. The van der Waals surface area contributed by atoms with E-state index < -0.39 is 6.10 Å². The number of hydrogen-bond acceptors (Lipinski definition) is 4. The molecule has 1 atom stereocenters. The maximum absolute atomic E-state index is 10.4. The number of nitrogens with zero attached hydrogens (tertiary/aromatic N) is 2. The Hall–Kier alpha value is -1.88. The van der Waals surface area contributed by atoms with Gasteiger partial charge in [-0.1, -0.05) is 48.0 Å². The van der Waals surface area contributed by atoms with E-state index in [1.54, 1.807) is 0 Å². The second-order valence-electron chi connectivity index (χ2n) is 7.76. The molecule has 2 aromatic carbocycles. The molecule has 0 aliphatic carbocycles. The van der Waals surface area contributed by atoms with Crippen molar-refractivity contribution in [3.63, 3.8) is 0 Å². The van der Waals surface area contributed by atoms with E-state index in [1.165, 1.54) is 11.1 Å². The van der Waals surface area contributed by atoms with Crippen molar-refractivity contribution < 1.29 is 9.84 Å². The van der Waals surface area contributed by atoms with Gasteiger partial charge in [0.15, 0.2) is 0 Å². The quantitative estimate of drug-likeness (QED) is 0.814. The van der Waals surface area contributed by atoms with Gasteiger partial charge in [-0.25, -0.2) is 0 Å². The number of piperazine rings is 1. The SMILES string of the molecule is Cc1cc(C)c(OC[C@H](O)CN2CCN(Cc3ccccc3)CC2)c(C)c1. The molecule has 4 heteroatoms. The van der Waals surface area contributed by atoms with Crippen molar-refractivity contribution in [2.45, 2.75) is 33.4 Å². The Morgan fingerprint density at radius 2 is 1.52 bits per heavy atom. The highest BCUT2D eigenvalue weighted by Crippen LogP contribution is 2.24. The predicted octanol–water partition coefficient (Wildman–Crippen LogP) is 3.17. The molecule has 0 aromatic heterocycles. The lowest BCUT2D eigenvalue weighted by molar-refractivity contribution is 0.0443. The second kappa shape index (κ2) is 9.36. The molecule has 146 valence electrons. The van der Waals surface area contributed by atoms with Gasteiger partial charge in [-0.15, -0.1) is 0 Å². The number of benzene rings is 2. The first kappa shape index (κ1) is 19.9. The van der Waals surface area contributed by atoms with Gasteiger partial charge in [0.25, 0.3) is 0 Å². The van der Waals surface area contributed by atoms with E-state index >= 15 is 0 Å². The first-order valence-electron chi connectivity index (χ1n) is 9.88. The molecule has 0 radical (unpaired) electrons. The first-order valence-corrected chi connectivity index (χ1v) is 9.88. The van der Waals surface area contributed by atoms with E-state index in [-0.39, 0.29) is 0 Å². The largest absolute Gasteiger partial charge is 0.490 e. The molecule has 27 heavy (non-hydrogen) atoms.